The normalized spacial score (nSPS) is 32.3. The Bertz CT molecular complexity index is 743. The minimum Gasteiger partial charge on any atom is -0.465 e. The van der Waals surface area contributed by atoms with Crippen molar-refractivity contribution in [2.45, 2.75) is 38.4 Å². The van der Waals surface area contributed by atoms with E-state index < -0.39 is 17.4 Å². The molecule has 5 nitrogen and oxygen atoms in total. The summed E-state index contributed by atoms with van der Waals surface area (Å²) in [4.78, 5) is 27.6. The second kappa shape index (κ2) is 5.99. The highest BCUT2D eigenvalue weighted by Gasteiger charge is 2.67. The fourth-order valence-electron chi connectivity index (χ4n) is 4.34. The Balaban J connectivity index is 1.67. The zero-order chi connectivity index (χ0) is 17.6. The van der Waals surface area contributed by atoms with Crippen molar-refractivity contribution in [3.05, 3.63) is 42.0 Å². The van der Waals surface area contributed by atoms with E-state index in [0.29, 0.717) is 13.2 Å². The SMILES string of the molecule is CCCOC(=O)[C@@H]1[C@H]2C(=O)N(c3ccccc3CC)C[C@]23C=C[C@H]1O3. The van der Waals surface area contributed by atoms with Crippen molar-refractivity contribution in [3.63, 3.8) is 0 Å². The van der Waals surface area contributed by atoms with E-state index in [1.807, 2.05) is 43.3 Å². The Labute approximate surface area is 147 Å². The highest BCUT2D eigenvalue weighted by molar-refractivity contribution is 6.03. The van der Waals surface area contributed by atoms with Gasteiger partial charge in [0.1, 0.15) is 11.5 Å². The standard InChI is InChI=1S/C20H23NO4/c1-3-11-24-19(23)16-15-9-10-20(25-15)12-21(18(22)17(16)20)14-8-6-5-7-13(14)4-2/h5-10,15-17H,3-4,11-12H2,1-2H3/t15-,16+,17+,20-/m1/s1. The van der Waals surface area contributed by atoms with Gasteiger partial charge in [-0.3, -0.25) is 9.59 Å². The average Bonchev–Trinajstić information content (AvgIpc) is 3.28. The van der Waals surface area contributed by atoms with Crippen LogP contribution in [0.15, 0.2) is 36.4 Å². The van der Waals surface area contributed by atoms with Gasteiger partial charge >= 0.3 is 5.97 Å². The van der Waals surface area contributed by atoms with Crippen LogP contribution in [0.2, 0.25) is 0 Å². The van der Waals surface area contributed by atoms with E-state index in [-0.39, 0.29) is 18.0 Å². The number of ether oxygens (including phenoxy) is 2. The predicted molar refractivity (Wildman–Crippen MR) is 93.1 cm³/mol. The van der Waals surface area contributed by atoms with Gasteiger partial charge < -0.3 is 14.4 Å². The molecule has 0 N–H and O–H groups in total. The van der Waals surface area contributed by atoms with E-state index in [1.165, 1.54) is 0 Å². The van der Waals surface area contributed by atoms with Gasteiger partial charge in [-0.05, 0) is 24.5 Å². The van der Waals surface area contributed by atoms with Gasteiger partial charge in [0.05, 0.1) is 25.2 Å². The van der Waals surface area contributed by atoms with E-state index in [9.17, 15) is 9.59 Å². The highest BCUT2D eigenvalue weighted by atomic mass is 16.6. The molecule has 3 aliphatic rings. The summed E-state index contributed by atoms with van der Waals surface area (Å²) >= 11 is 0. The second-order valence-electron chi connectivity index (χ2n) is 6.97. The van der Waals surface area contributed by atoms with E-state index in [1.54, 1.807) is 4.90 Å². The molecule has 3 aliphatic heterocycles. The number of rotatable bonds is 5. The molecule has 2 fully saturated rings. The minimum absolute atomic E-state index is 0.0359. The summed E-state index contributed by atoms with van der Waals surface area (Å²) in [5.41, 5.74) is 1.34. The predicted octanol–water partition coefficient (Wildman–Crippen LogP) is 2.49. The Kier molecular flexibility index (Phi) is 3.91. The maximum Gasteiger partial charge on any atom is 0.312 e. The van der Waals surface area contributed by atoms with Gasteiger partial charge in [0.25, 0.3) is 0 Å². The number of benzene rings is 1. The van der Waals surface area contributed by atoms with Crippen LogP contribution in [-0.4, -0.2) is 36.7 Å². The second-order valence-corrected chi connectivity index (χ2v) is 6.97. The lowest BCUT2D eigenvalue weighted by Gasteiger charge is -2.23. The van der Waals surface area contributed by atoms with Crippen molar-refractivity contribution >= 4 is 17.6 Å². The van der Waals surface area contributed by atoms with Crippen LogP contribution in [0.5, 0.6) is 0 Å². The number of nitrogens with zero attached hydrogens (tertiary/aromatic N) is 1. The number of esters is 1. The molecule has 1 aromatic rings. The lowest BCUT2D eigenvalue weighted by atomic mass is 9.77. The Morgan fingerprint density at radius 2 is 2.16 bits per heavy atom. The fourth-order valence-corrected chi connectivity index (χ4v) is 4.34. The van der Waals surface area contributed by atoms with Gasteiger partial charge in [-0.25, -0.2) is 0 Å². The molecule has 1 spiro atoms. The first-order valence-electron chi connectivity index (χ1n) is 9.04. The number of carbonyl (C=O) groups excluding carboxylic acids is 2. The summed E-state index contributed by atoms with van der Waals surface area (Å²) < 4.78 is 11.5. The molecule has 1 aromatic carbocycles. The average molecular weight is 341 g/mol. The van der Waals surface area contributed by atoms with Gasteiger partial charge in [0.2, 0.25) is 5.91 Å². The summed E-state index contributed by atoms with van der Waals surface area (Å²) in [5.74, 6) is -1.38. The highest BCUT2D eigenvalue weighted by Crippen LogP contribution is 2.53. The zero-order valence-electron chi connectivity index (χ0n) is 14.6. The van der Waals surface area contributed by atoms with Crippen LogP contribution in [0.4, 0.5) is 5.69 Å². The number of para-hydroxylation sites is 1. The zero-order valence-corrected chi connectivity index (χ0v) is 14.6. The molecule has 0 radical (unpaired) electrons. The number of hydrogen-bond donors (Lipinski definition) is 0. The van der Waals surface area contributed by atoms with Crippen LogP contribution in [-0.2, 0) is 25.5 Å². The summed E-state index contributed by atoms with van der Waals surface area (Å²) in [7, 11) is 0. The first-order valence-corrected chi connectivity index (χ1v) is 9.04. The molecule has 4 atom stereocenters. The number of carbonyl (C=O) groups is 2. The molecule has 2 saturated heterocycles. The molecular formula is C20H23NO4. The maximum atomic E-state index is 13.2. The lowest BCUT2D eigenvalue weighted by molar-refractivity contribution is -0.152. The quantitative estimate of drug-likeness (QED) is 0.610. The number of amides is 1. The number of fused-ring (bicyclic) bond motifs is 1. The summed E-state index contributed by atoms with van der Waals surface area (Å²) in [5, 5.41) is 0. The van der Waals surface area contributed by atoms with E-state index >= 15 is 0 Å². The monoisotopic (exact) mass is 341 g/mol. The van der Waals surface area contributed by atoms with Crippen LogP contribution in [0.1, 0.15) is 25.8 Å². The Morgan fingerprint density at radius 3 is 2.92 bits per heavy atom. The smallest absolute Gasteiger partial charge is 0.312 e. The molecule has 1 amide bonds. The van der Waals surface area contributed by atoms with Gasteiger partial charge in [-0.15, -0.1) is 0 Å². The molecule has 0 unspecified atom stereocenters. The van der Waals surface area contributed by atoms with Crippen LogP contribution >= 0.6 is 0 Å². The summed E-state index contributed by atoms with van der Waals surface area (Å²) in [6, 6.07) is 7.92. The third-order valence-corrected chi connectivity index (χ3v) is 5.48. The third kappa shape index (κ3) is 2.33. The van der Waals surface area contributed by atoms with Crippen LogP contribution < -0.4 is 4.90 Å². The number of anilines is 1. The molecule has 132 valence electrons. The lowest BCUT2D eigenvalue weighted by Crippen LogP contribution is -2.40. The van der Waals surface area contributed by atoms with E-state index in [0.717, 1.165) is 24.1 Å². The summed E-state index contributed by atoms with van der Waals surface area (Å²) in [6.45, 7) is 4.86. The molecule has 3 heterocycles. The van der Waals surface area contributed by atoms with Gasteiger partial charge in [-0.1, -0.05) is 44.2 Å². The van der Waals surface area contributed by atoms with Crippen molar-refractivity contribution in [2.75, 3.05) is 18.1 Å². The molecule has 25 heavy (non-hydrogen) atoms. The Morgan fingerprint density at radius 1 is 1.36 bits per heavy atom. The molecular weight excluding hydrogens is 318 g/mol. The van der Waals surface area contributed by atoms with Crippen molar-refractivity contribution in [2.24, 2.45) is 11.8 Å². The minimum atomic E-state index is -0.696. The van der Waals surface area contributed by atoms with Crippen molar-refractivity contribution in [1.82, 2.24) is 0 Å². The molecule has 4 rings (SSSR count). The molecule has 0 saturated carbocycles. The number of hydrogen-bond acceptors (Lipinski definition) is 4. The van der Waals surface area contributed by atoms with Gasteiger partial charge in [-0.2, -0.15) is 0 Å². The van der Waals surface area contributed by atoms with Crippen LogP contribution in [0.25, 0.3) is 0 Å². The molecule has 0 aromatic heterocycles. The van der Waals surface area contributed by atoms with Gasteiger partial charge in [0, 0.05) is 5.69 Å². The first kappa shape index (κ1) is 16.3. The topological polar surface area (TPSA) is 55.8 Å². The van der Waals surface area contributed by atoms with Crippen LogP contribution in [0.3, 0.4) is 0 Å². The largest absolute Gasteiger partial charge is 0.465 e. The summed E-state index contributed by atoms with van der Waals surface area (Å²) in [6.07, 6.45) is 5.15. The fraction of sp³-hybridized carbons (Fsp3) is 0.500. The van der Waals surface area contributed by atoms with E-state index in [2.05, 4.69) is 6.92 Å². The van der Waals surface area contributed by atoms with Crippen molar-refractivity contribution < 1.29 is 19.1 Å². The number of aryl methyl sites for hydroxylation is 1. The van der Waals surface area contributed by atoms with Crippen molar-refractivity contribution in [1.29, 1.82) is 0 Å². The Hall–Kier alpha value is -2.14. The van der Waals surface area contributed by atoms with Crippen LogP contribution in [0, 0.1) is 11.8 Å². The first-order chi connectivity index (χ1) is 12.1. The molecule has 0 aliphatic carbocycles. The molecule has 2 bridgehead atoms. The maximum absolute atomic E-state index is 13.2. The third-order valence-electron chi connectivity index (χ3n) is 5.48. The van der Waals surface area contributed by atoms with Crippen molar-refractivity contribution in [3.8, 4) is 0 Å². The van der Waals surface area contributed by atoms with Gasteiger partial charge in [0.15, 0.2) is 0 Å². The van der Waals surface area contributed by atoms with E-state index in [4.69, 9.17) is 9.47 Å². The molecule has 5 heteroatoms.